The van der Waals surface area contributed by atoms with Crippen molar-refractivity contribution in [3.63, 3.8) is 0 Å². The minimum atomic E-state index is -1.32. The summed E-state index contributed by atoms with van der Waals surface area (Å²) >= 11 is 28.0. The molecule has 2 aromatic carbocycles. The van der Waals surface area contributed by atoms with Crippen LogP contribution in [-0.2, 0) is 0 Å². The zero-order valence-corrected chi connectivity index (χ0v) is 24.0. The van der Waals surface area contributed by atoms with Crippen LogP contribution in [0.2, 0.25) is 0 Å². The van der Waals surface area contributed by atoms with Crippen LogP contribution >= 0.6 is 127 Å². The summed E-state index contributed by atoms with van der Waals surface area (Å²) in [4.78, 5) is 0. The van der Waals surface area contributed by atoms with Crippen molar-refractivity contribution in [1.82, 2.24) is 0 Å². The number of hydrogen-bond acceptors (Lipinski definition) is 2. The summed E-state index contributed by atoms with van der Waals surface area (Å²) in [6, 6.07) is 11.2. The lowest BCUT2D eigenvalue weighted by atomic mass is 10.3. The molecule has 0 N–H and O–H groups in total. The van der Waals surface area contributed by atoms with Gasteiger partial charge >= 0.3 is 4.70 Å². The maximum absolute atomic E-state index is 6.18. The van der Waals surface area contributed by atoms with Crippen molar-refractivity contribution in [2.45, 2.75) is 6.84 Å². The molecule has 0 fully saturated rings. The third kappa shape index (κ3) is 5.23. The van der Waals surface area contributed by atoms with Crippen molar-refractivity contribution < 1.29 is 9.47 Å². The number of alkyl halides is 4. The molecule has 2 rings (SSSR count). The van der Waals surface area contributed by atoms with Gasteiger partial charge in [-0.25, -0.2) is 0 Å². The SMILES string of the molecule is Brc1cc(Br)c(OC(Br)(Oc2ccccc2)C(Br)(Br)Br)c(Br)c1Br. The molecule has 2 aromatic rings. The maximum atomic E-state index is 6.18. The smallest absolute Gasteiger partial charge is 0.345 e. The Labute approximate surface area is 206 Å². The van der Waals surface area contributed by atoms with Crippen LogP contribution in [0.4, 0.5) is 0 Å². The normalized spacial score (nSPS) is 14.2. The van der Waals surface area contributed by atoms with Crippen LogP contribution in [0.5, 0.6) is 11.5 Å². The van der Waals surface area contributed by atoms with Gasteiger partial charge in [-0.15, -0.1) is 0 Å². The molecular weight excluding hydrogens is 839 g/mol. The summed E-state index contributed by atoms with van der Waals surface area (Å²) in [6.07, 6.45) is 0. The van der Waals surface area contributed by atoms with E-state index in [4.69, 9.17) is 9.47 Å². The number of hydrogen-bond donors (Lipinski definition) is 0. The highest BCUT2D eigenvalue weighted by Gasteiger charge is 2.51. The molecule has 24 heavy (non-hydrogen) atoms. The van der Waals surface area contributed by atoms with Gasteiger partial charge in [-0.05, 0) is 81.9 Å². The molecule has 10 heteroatoms. The zero-order chi connectivity index (χ0) is 18.1. The number of halogens is 8. The van der Waals surface area contributed by atoms with Gasteiger partial charge in [0.25, 0.3) is 0 Å². The van der Waals surface area contributed by atoms with Gasteiger partial charge < -0.3 is 9.47 Å². The van der Waals surface area contributed by atoms with Crippen molar-refractivity contribution in [3.8, 4) is 11.5 Å². The van der Waals surface area contributed by atoms with E-state index >= 15 is 0 Å². The van der Waals surface area contributed by atoms with E-state index in [-0.39, 0.29) is 0 Å². The lowest BCUT2D eigenvalue weighted by Crippen LogP contribution is -2.47. The van der Waals surface area contributed by atoms with Crippen LogP contribution in [0, 0.1) is 0 Å². The van der Waals surface area contributed by atoms with E-state index in [0.717, 1.165) is 17.9 Å². The summed E-state index contributed by atoms with van der Waals surface area (Å²) in [5, 5.41) is 0. The Morgan fingerprint density at radius 1 is 0.708 bits per heavy atom. The minimum Gasteiger partial charge on any atom is -0.441 e. The predicted octanol–water partition coefficient (Wildman–Crippen LogP) is 9.08. The standard InChI is InChI=1S/C14H6Br8O2/c15-8-6-9(16)12(11(18)10(8)17)24-14(22,13(19,20)21)23-7-4-2-1-3-5-7/h1-6H. The van der Waals surface area contributed by atoms with Crippen molar-refractivity contribution in [3.05, 3.63) is 54.3 Å². The molecule has 1 unspecified atom stereocenters. The third-order valence-corrected chi connectivity index (χ3v) is 10.6. The van der Waals surface area contributed by atoms with Crippen molar-refractivity contribution >= 4 is 127 Å². The van der Waals surface area contributed by atoms with E-state index in [1.165, 1.54) is 0 Å². The summed E-state index contributed by atoms with van der Waals surface area (Å²) in [5.74, 6) is 1.17. The molecular formula is C14H6Br8O2. The second kappa shape index (κ2) is 8.92. The van der Waals surface area contributed by atoms with Crippen molar-refractivity contribution in [1.29, 1.82) is 0 Å². The second-order valence-electron chi connectivity index (χ2n) is 4.35. The first-order valence-corrected chi connectivity index (χ1v) is 12.4. The molecule has 0 bridgehead atoms. The van der Waals surface area contributed by atoms with Gasteiger partial charge in [0.2, 0.25) is 2.14 Å². The summed E-state index contributed by atoms with van der Waals surface area (Å²) < 4.78 is 13.1. The molecule has 0 aliphatic carbocycles. The molecule has 2 nitrogen and oxygen atoms in total. The molecule has 0 radical (unpaired) electrons. The largest absolute Gasteiger partial charge is 0.441 e. The Morgan fingerprint density at radius 2 is 1.29 bits per heavy atom. The van der Waals surface area contributed by atoms with Gasteiger partial charge in [0.05, 0.1) is 8.95 Å². The van der Waals surface area contributed by atoms with E-state index in [9.17, 15) is 0 Å². The minimum absolute atomic E-state index is 0.542. The predicted molar refractivity (Wildman–Crippen MR) is 126 cm³/mol. The number of benzene rings is 2. The molecule has 0 amide bonds. The lowest BCUT2D eigenvalue weighted by molar-refractivity contribution is -0.0115. The molecule has 130 valence electrons. The van der Waals surface area contributed by atoms with Gasteiger partial charge in [0.1, 0.15) is 5.75 Å². The van der Waals surface area contributed by atoms with E-state index < -0.39 is 6.84 Å². The van der Waals surface area contributed by atoms with Gasteiger partial charge in [-0.2, -0.15) is 0 Å². The van der Waals surface area contributed by atoms with Crippen LogP contribution < -0.4 is 9.47 Å². The maximum Gasteiger partial charge on any atom is 0.345 e. The fourth-order valence-corrected chi connectivity index (χ4v) is 4.96. The van der Waals surface area contributed by atoms with Gasteiger partial charge in [-0.3, -0.25) is 0 Å². The number of ether oxygens (including phenoxy) is 2. The van der Waals surface area contributed by atoms with Gasteiger partial charge in [0.15, 0.2) is 5.75 Å². The van der Waals surface area contributed by atoms with Crippen molar-refractivity contribution in [2.24, 2.45) is 0 Å². The molecule has 0 saturated heterocycles. The number of para-hydroxylation sites is 1. The summed E-state index contributed by atoms with van der Waals surface area (Å²) in [7, 11) is 0. The first-order chi connectivity index (χ1) is 11.0. The van der Waals surface area contributed by atoms with Gasteiger partial charge in [0, 0.05) is 24.9 Å². The Hall–Kier alpha value is 1.88. The molecule has 0 saturated carbocycles. The van der Waals surface area contributed by atoms with E-state index in [0.29, 0.717) is 11.5 Å². The van der Waals surface area contributed by atoms with Crippen LogP contribution in [0.15, 0.2) is 54.3 Å². The molecule has 0 aliphatic rings. The molecule has 0 aliphatic heterocycles. The number of rotatable bonds is 4. The van der Waals surface area contributed by atoms with E-state index in [1.54, 1.807) is 0 Å². The Kier molecular flexibility index (Phi) is 8.24. The van der Waals surface area contributed by atoms with E-state index in [2.05, 4.69) is 127 Å². The Morgan fingerprint density at radius 3 is 1.83 bits per heavy atom. The average Bonchev–Trinajstić information content (AvgIpc) is 2.49. The van der Waals surface area contributed by atoms with Crippen LogP contribution in [0.3, 0.4) is 0 Å². The van der Waals surface area contributed by atoms with Crippen LogP contribution in [-0.4, -0.2) is 6.84 Å². The lowest BCUT2D eigenvalue weighted by Gasteiger charge is -2.36. The highest BCUT2D eigenvalue weighted by atomic mass is 80.0. The topological polar surface area (TPSA) is 18.5 Å². The Bertz CT molecular complexity index is 732. The molecule has 0 heterocycles. The van der Waals surface area contributed by atoms with Crippen molar-refractivity contribution in [2.75, 3.05) is 0 Å². The van der Waals surface area contributed by atoms with Crippen LogP contribution in [0.25, 0.3) is 0 Å². The first kappa shape index (κ1) is 22.2. The summed E-state index contributed by atoms with van der Waals surface area (Å²) in [5.41, 5.74) is 0. The zero-order valence-electron chi connectivity index (χ0n) is 11.3. The Balaban J connectivity index is 2.46. The third-order valence-electron chi connectivity index (χ3n) is 2.64. The fourth-order valence-electron chi connectivity index (χ4n) is 1.55. The monoisotopic (exact) mass is 837 g/mol. The average molecular weight is 845 g/mol. The highest BCUT2D eigenvalue weighted by molar-refractivity contribution is 9.40. The fraction of sp³-hybridized carbons (Fsp3) is 0.143. The quantitative estimate of drug-likeness (QED) is 0.133. The molecule has 1 atom stereocenters. The highest BCUT2D eigenvalue weighted by Crippen LogP contribution is 2.53. The summed E-state index contributed by atoms with van der Waals surface area (Å²) in [6.45, 7) is 0. The first-order valence-electron chi connectivity index (χ1n) is 6.07. The van der Waals surface area contributed by atoms with Crippen LogP contribution in [0.1, 0.15) is 0 Å². The second-order valence-corrected chi connectivity index (χ2v) is 15.4. The molecule has 0 spiro atoms. The van der Waals surface area contributed by atoms with E-state index in [1.807, 2.05) is 36.4 Å². The van der Waals surface area contributed by atoms with Gasteiger partial charge in [-0.1, -0.05) is 66.0 Å². The molecule has 0 aromatic heterocycles.